The van der Waals surface area contributed by atoms with Crippen LogP contribution in [0, 0.1) is 0 Å². The monoisotopic (exact) mass is 335 g/mol. The van der Waals surface area contributed by atoms with Crippen LogP contribution in [0.25, 0.3) is 0 Å². The summed E-state index contributed by atoms with van der Waals surface area (Å²) in [5, 5.41) is 7.53. The molecule has 2 heterocycles. The number of rotatable bonds is 8. The summed E-state index contributed by atoms with van der Waals surface area (Å²) < 4.78 is 4.91. The number of thiazole rings is 1. The van der Waals surface area contributed by atoms with Crippen molar-refractivity contribution in [1.29, 1.82) is 0 Å². The van der Waals surface area contributed by atoms with E-state index >= 15 is 0 Å². The Bertz CT molecular complexity index is 647. The molecule has 0 aliphatic heterocycles. The smallest absolute Gasteiger partial charge is 0.295 e. The van der Waals surface area contributed by atoms with Gasteiger partial charge in [0, 0.05) is 38.0 Å². The number of aromatic nitrogens is 3. The summed E-state index contributed by atoms with van der Waals surface area (Å²) in [5.74, 6) is -0.480. The third-order valence-electron chi connectivity index (χ3n) is 2.73. The number of hydrogen-bond donors (Lipinski definition) is 2. The van der Waals surface area contributed by atoms with Gasteiger partial charge < -0.3 is 10.1 Å². The van der Waals surface area contributed by atoms with Crippen LogP contribution in [0.1, 0.15) is 22.7 Å². The summed E-state index contributed by atoms with van der Waals surface area (Å²) in [6, 6.07) is 1.63. The van der Waals surface area contributed by atoms with Gasteiger partial charge in [-0.1, -0.05) is 0 Å². The molecule has 2 aromatic rings. The maximum Gasteiger partial charge on any atom is 0.295 e. The first kappa shape index (κ1) is 17.0. The normalized spacial score (nSPS) is 10.3. The fraction of sp³-hybridized carbons (Fsp3) is 0.357. The summed E-state index contributed by atoms with van der Waals surface area (Å²) in [7, 11) is 1.62. The molecule has 2 N–H and O–H groups in total. The molecule has 0 aliphatic carbocycles. The van der Waals surface area contributed by atoms with Gasteiger partial charge in [0.15, 0.2) is 5.13 Å². The van der Waals surface area contributed by atoms with E-state index in [4.69, 9.17) is 4.74 Å². The number of carbonyl (C=O) groups is 2. The zero-order chi connectivity index (χ0) is 16.5. The van der Waals surface area contributed by atoms with E-state index in [0.717, 1.165) is 6.42 Å². The van der Waals surface area contributed by atoms with Crippen LogP contribution in [0.15, 0.2) is 23.8 Å². The zero-order valence-electron chi connectivity index (χ0n) is 12.6. The molecule has 0 radical (unpaired) electrons. The highest BCUT2D eigenvalue weighted by Crippen LogP contribution is 2.16. The topological polar surface area (TPSA) is 106 Å². The van der Waals surface area contributed by atoms with Crippen molar-refractivity contribution in [3.8, 4) is 0 Å². The molecule has 2 aromatic heterocycles. The maximum absolute atomic E-state index is 11.9. The van der Waals surface area contributed by atoms with E-state index < -0.39 is 5.91 Å². The highest BCUT2D eigenvalue weighted by molar-refractivity contribution is 7.14. The zero-order valence-corrected chi connectivity index (χ0v) is 13.4. The highest BCUT2D eigenvalue weighted by Gasteiger charge is 2.12. The average Bonchev–Trinajstić information content (AvgIpc) is 2.99. The van der Waals surface area contributed by atoms with E-state index in [1.807, 2.05) is 0 Å². The lowest BCUT2D eigenvalue weighted by molar-refractivity contribution is -0.120. The van der Waals surface area contributed by atoms with Crippen molar-refractivity contribution in [2.24, 2.45) is 0 Å². The summed E-state index contributed by atoms with van der Waals surface area (Å²) in [5.41, 5.74) is 0.600. The van der Waals surface area contributed by atoms with E-state index in [0.29, 0.717) is 24.0 Å². The number of carbonyl (C=O) groups excluding carboxylic acids is 2. The molecule has 0 bridgehead atoms. The molecular weight excluding hydrogens is 318 g/mol. The highest BCUT2D eigenvalue weighted by atomic mass is 32.1. The Morgan fingerprint density at radius 1 is 1.30 bits per heavy atom. The largest absolute Gasteiger partial charge is 0.385 e. The summed E-state index contributed by atoms with van der Waals surface area (Å²) >= 11 is 1.25. The van der Waals surface area contributed by atoms with E-state index in [1.165, 1.54) is 23.7 Å². The Balaban J connectivity index is 1.81. The van der Waals surface area contributed by atoms with E-state index in [2.05, 4.69) is 25.6 Å². The number of nitrogens with one attached hydrogen (secondary N) is 2. The Morgan fingerprint density at radius 3 is 2.83 bits per heavy atom. The van der Waals surface area contributed by atoms with Gasteiger partial charge in [-0.15, -0.1) is 11.3 Å². The molecule has 9 heteroatoms. The average molecular weight is 335 g/mol. The molecular formula is C14H17N5O3S. The molecule has 0 saturated heterocycles. The lowest BCUT2D eigenvalue weighted by Crippen LogP contribution is -2.26. The number of amides is 2. The van der Waals surface area contributed by atoms with Crippen molar-refractivity contribution in [2.45, 2.75) is 12.8 Å². The lowest BCUT2D eigenvalue weighted by atomic mass is 10.3. The van der Waals surface area contributed by atoms with Gasteiger partial charge in [0.25, 0.3) is 5.91 Å². The maximum atomic E-state index is 11.9. The van der Waals surface area contributed by atoms with Crippen molar-refractivity contribution < 1.29 is 14.3 Å². The van der Waals surface area contributed by atoms with Crippen molar-refractivity contribution in [1.82, 2.24) is 20.3 Å². The molecule has 0 fully saturated rings. The van der Waals surface area contributed by atoms with Gasteiger partial charge in [-0.2, -0.15) is 0 Å². The van der Waals surface area contributed by atoms with Crippen LogP contribution in [0.5, 0.6) is 0 Å². The second-order valence-electron chi connectivity index (χ2n) is 4.54. The van der Waals surface area contributed by atoms with Gasteiger partial charge in [0.2, 0.25) is 11.7 Å². The molecule has 0 aliphatic rings. The SMILES string of the molecule is COCCCNC(=O)Cc1csc(NC(=O)c2ncccn2)n1. The van der Waals surface area contributed by atoms with Gasteiger partial charge in [-0.3, -0.25) is 14.9 Å². The Labute approximate surface area is 137 Å². The van der Waals surface area contributed by atoms with Gasteiger partial charge in [0.05, 0.1) is 12.1 Å². The number of hydrogen-bond acceptors (Lipinski definition) is 7. The minimum absolute atomic E-state index is 0.0696. The van der Waals surface area contributed by atoms with Crippen LogP contribution >= 0.6 is 11.3 Å². The molecule has 8 nitrogen and oxygen atoms in total. The fourth-order valence-electron chi connectivity index (χ4n) is 1.69. The van der Waals surface area contributed by atoms with Crippen molar-refractivity contribution in [3.63, 3.8) is 0 Å². The van der Waals surface area contributed by atoms with E-state index in [1.54, 1.807) is 18.6 Å². The number of anilines is 1. The van der Waals surface area contributed by atoms with Crippen LogP contribution in [-0.4, -0.2) is 47.0 Å². The van der Waals surface area contributed by atoms with Crippen molar-refractivity contribution in [2.75, 3.05) is 25.6 Å². The number of methoxy groups -OCH3 is 1. The number of ether oxygens (including phenoxy) is 1. The first-order valence-electron chi connectivity index (χ1n) is 6.97. The van der Waals surface area contributed by atoms with Crippen LogP contribution in [0.3, 0.4) is 0 Å². The van der Waals surface area contributed by atoms with Gasteiger partial charge >= 0.3 is 0 Å². The second kappa shape index (κ2) is 8.91. The number of nitrogens with zero attached hydrogens (tertiary/aromatic N) is 3. The predicted molar refractivity (Wildman–Crippen MR) is 85.3 cm³/mol. The van der Waals surface area contributed by atoms with Crippen LogP contribution in [0.4, 0.5) is 5.13 Å². The predicted octanol–water partition coefficient (Wildman–Crippen LogP) is 0.881. The Morgan fingerprint density at radius 2 is 2.09 bits per heavy atom. The van der Waals surface area contributed by atoms with Crippen LogP contribution in [0.2, 0.25) is 0 Å². The third kappa shape index (κ3) is 5.72. The van der Waals surface area contributed by atoms with E-state index in [-0.39, 0.29) is 18.2 Å². The fourth-order valence-corrected chi connectivity index (χ4v) is 2.39. The van der Waals surface area contributed by atoms with Gasteiger partial charge in [-0.05, 0) is 12.5 Å². The third-order valence-corrected chi connectivity index (χ3v) is 3.54. The van der Waals surface area contributed by atoms with Crippen molar-refractivity contribution in [3.05, 3.63) is 35.4 Å². The summed E-state index contributed by atoms with van der Waals surface area (Å²) in [6.45, 7) is 1.17. The van der Waals surface area contributed by atoms with Crippen molar-refractivity contribution >= 4 is 28.3 Å². The molecule has 0 saturated carbocycles. The molecule has 122 valence electrons. The quantitative estimate of drug-likeness (QED) is 0.694. The molecule has 0 spiro atoms. The summed E-state index contributed by atoms with van der Waals surface area (Å²) in [4.78, 5) is 35.5. The second-order valence-corrected chi connectivity index (χ2v) is 5.40. The first-order chi connectivity index (χ1) is 11.2. The summed E-state index contributed by atoms with van der Waals surface area (Å²) in [6.07, 6.45) is 3.91. The molecule has 0 atom stereocenters. The van der Waals surface area contributed by atoms with Gasteiger partial charge in [0.1, 0.15) is 0 Å². The molecule has 0 aromatic carbocycles. The van der Waals surface area contributed by atoms with E-state index in [9.17, 15) is 9.59 Å². The minimum atomic E-state index is -0.435. The first-order valence-corrected chi connectivity index (χ1v) is 7.85. The molecule has 2 amide bonds. The Hall–Kier alpha value is -2.39. The lowest BCUT2D eigenvalue weighted by Gasteiger charge is -2.03. The minimum Gasteiger partial charge on any atom is -0.385 e. The molecule has 0 unspecified atom stereocenters. The van der Waals surface area contributed by atoms with Crippen LogP contribution in [-0.2, 0) is 16.0 Å². The molecule has 23 heavy (non-hydrogen) atoms. The molecule has 2 rings (SSSR count). The standard InChI is InChI=1S/C14H17N5O3S/c1-22-7-3-6-15-11(20)8-10-9-23-14(18-10)19-13(21)12-16-4-2-5-17-12/h2,4-5,9H,3,6-8H2,1H3,(H,15,20)(H,18,19,21). The Kier molecular flexibility index (Phi) is 6.57. The van der Waals surface area contributed by atoms with Crippen LogP contribution < -0.4 is 10.6 Å². The van der Waals surface area contributed by atoms with Gasteiger partial charge in [-0.25, -0.2) is 15.0 Å².